The number of rotatable bonds is 4. The minimum atomic E-state index is -0.437. The van der Waals surface area contributed by atoms with Gasteiger partial charge in [-0.3, -0.25) is 9.59 Å². The van der Waals surface area contributed by atoms with Crippen molar-refractivity contribution in [1.29, 1.82) is 0 Å². The summed E-state index contributed by atoms with van der Waals surface area (Å²) in [7, 11) is 1.31. The Balaban J connectivity index is 2.28. The highest BCUT2D eigenvalue weighted by atomic mass is 35.5. The van der Waals surface area contributed by atoms with Crippen molar-refractivity contribution in [3.05, 3.63) is 33.8 Å². The normalized spacial score (nSPS) is 15.0. The van der Waals surface area contributed by atoms with Gasteiger partial charge in [-0.05, 0) is 31.0 Å². The Labute approximate surface area is 134 Å². The molecule has 0 saturated heterocycles. The van der Waals surface area contributed by atoms with Gasteiger partial charge in [0.2, 0.25) is 0 Å². The molecular formula is C15H17Cl2NO3. The lowest BCUT2D eigenvalue weighted by atomic mass is 10.1. The van der Waals surface area contributed by atoms with Crippen LogP contribution in [0.25, 0.3) is 0 Å². The topological polar surface area (TPSA) is 46.6 Å². The molecule has 21 heavy (non-hydrogen) atoms. The minimum Gasteiger partial charge on any atom is -0.468 e. The fourth-order valence-corrected chi connectivity index (χ4v) is 2.97. The Hall–Kier alpha value is -1.26. The predicted molar refractivity (Wildman–Crippen MR) is 81.8 cm³/mol. The Kier molecular flexibility index (Phi) is 5.48. The summed E-state index contributed by atoms with van der Waals surface area (Å²) in [4.78, 5) is 25.9. The molecule has 6 heteroatoms. The number of ether oxygens (including phenoxy) is 1. The van der Waals surface area contributed by atoms with E-state index < -0.39 is 5.97 Å². The number of nitrogens with zero attached hydrogens (tertiary/aromatic N) is 1. The van der Waals surface area contributed by atoms with E-state index in [1.165, 1.54) is 13.2 Å². The van der Waals surface area contributed by atoms with Crippen LogP contribution in [0.2, 0.25) is 10.0 Å². The number of hydrogen-bond donors (Lipinski definition) is 0. The van der Waals surface area contributed by atoms with Crippen molar-refractivity contribution in [2.45, 2.75) is 31.7 Å². The number of halogens is 2. The van der Waals surface area contributed by atoms with Gasteiger partial charge in [-0.25, -0.2) is 0 Å². The van der Waals surface area contributed by atoms with Gasteiger partial charge in [-0.15, -0.1) is 0 Å². The van der Waals surface area contributed by atoms with E-state index in [9.17, 15) is 9.59 Å². The average molecular weight is 330 g/mol. The van der Waals surface area contributed by atoms with Crippen molar-refractivity contribution in [3.63, 3.8) is 0 Å². The van der Waals surface area contributed by atoms with E-state index in [2.05, 4.69) is 4.74 Å². The molecule has 0 heterocycles. The van der Waals surface area contributed by atoms with Gasteiger partial charge in [0.1, 0.15) is 6.54 Å². The summed E-state index contributed by atoms with van der Waals surface area (Å²) in [5.74, 6) is -0.715. The Morgan fingerprint density at radius 1 is 1.29 bits per heavy atom. The van der Waals surface area contributed by atoms with E-state index in [4.69, 9.17) is 23.2 Å². The van der Waals surface area contributed by atoms with Crippen LogP contribution < -0.4 is 0 Å². The molecule has 0 N–H and O–H groups in total. The molecule has 0 spiro atoms. The summed E-state index contributed by atoms with van der Waals surface area (Å²) < 4.78 is 4.69. The van der Waals surface area contributed by atoms with Crippen molar-refractivity contribution in [3.8, 4) is 0 Å². The monoisotopic (exact) mass is 329 g/mol. The number of amides is 1. The SMILES string of the molecule is COC(=O)CN(C(=O)c1cc(Cl)ccc1Cl)C1CCCC1. The highest BCUT2D eigenvalue weighted by Gasteiger charge is 2.30. The van der Waals surface area contributed by atoms with Gasteiger partial charge in [-0.2, -0.15) is 0 Å². The van der Waals surface area contributed by atoms with Gasteiger partial charge in [0.05, 0.1) is 17.7 Å². The van der Waals surface area contributed by atoms with E-state index >= 15 is 0 Å². The quantitative estimate of drug-likeness (QED) is 0.793. The maximum Gasteiger partial charge on any atom is 0.325 e. The summed E-state index contributed by atoms with van der Waals surface area (Å²) in [6.45, 7) is -0.0666. The van der Waals surface area contributed by atoms with Crippen LogP contribution >= 0.6 is 23.2 Å². The molecule has 0 aromatic heterocycles. The molecule has 0 aliphatic heterocycles. The zero-order valence-corrected chi connectivity index (χ0v) is 13.3. The number of benzene rings is 1. The Morgan fingerprint density at radius 3 is 2.57 bits per heavy atom. The fraction of sp³-hybridized carbons (Fsp3) is 0.467. The Morgan fingerprint density at radius 2 is 1.95 bits per heavy atom. The first-order valence-corrected chi connectivity index (χ1v) is 7.61. The molecule has 0 bridgehead atoms. The van der Waals surface area contributed by atoms with Gasteiger partial charge in [0.25, 0.3) is 5.91 Å². The molecule has 1 amide bonds. The van der Waals surface area contributed by atoms with Crippen molar-refractivity contribution in [1.82, 2.24) is 4.90 Å². The molecule has 1 aliphatic carbocycles. The second kappa shape index (κ2) is 7.14. The standard InChI is InChI=1S/C15H17Cl2NO3/c1-21-14(19)9-18(11-4-2-3-5-11)15(20)12-8-10(16)6-7-13(12)17/h6-8,11H,2-5,9H2,1H3. The first kappa shape index (κ1) is 16.1. The van der Waals surface area contributed by atoms with Crippen molar-refractivity contribution in [2.24, 2.45) is 0 Å². The maximum absolute atomic E-state index is 12.7. The van der Waals surface area contributed by atoms with Gasteiger partial charge in [0, 0.05) is 11.1 Å². The van der Waals surface area contributed by atoms with Gasteiger partial charge >= 0.3 is 5.97 Å². The molecule has 1 fully saturated rings. The lowest BCUT2D eigenvalue weighted by Crippen LogP contribution is -2.42. The van der Waals surface area contributed by atoms with E-state index in [-0.39, 0.29) is 18.5 Å². The van der Waals surface area contributed by atoms with Gasteiger partial charge in [0.15, 0.2) is 0 Å². The van der Waals surface area contributed by atoms with Crippen LogP contribution in [0.15, 0.2) is 18.2 Å². The Bertz CT molecular complexity index is 542. The molecule has 1 aromatic carbocycles. The maximum atomic E-state index is 12.7. The van der Waals surface area contributed by atoms with Crippen LogP contribution in [0, 0.1) is 0 Å². The van der Waals surface area contributed by atoms with E-state index in [1.807, 2.05) is 0 Å². The van der Waals surface area contributed by atoms with Crippen LogP contribution in [-0.4, -0.2) is 36.5 Å². The second-order valence-electron chi connectivity index (χ2n) is 5.07. The third kappa shape index (κ3) is 3.89. The highest BCUT2D eigenvalue weighted by Crippen LogP contribution is 2.28. The second-order valence-corrected chi connectivity index (χ2v) is 5.92. The first-order valence-electron chi connectivity index (χ1n) is 6.85. The lowest BCUT2D eigenvalue weighted by molar-refractivity contribution is -0.141. The van der Waals surface area contributed by atoms with Crippen LogP contribution in [-0.2, 0) is 9.53 Å². The number of hydrogen-bond acceptors (Lipinski definition) is 3. The van der Waals surface area contributed by atoms with Crippen LogP contribution in [0.5, 0.6) is 0 Å². The van der Waals surface area contributed by atoms with Crippen LogP contribution in [0.4, 0.5) is 0 Å². The van der Waals surface area contributed by atoms with E-state index in [0.717, 1.165) is 25.7 Å². The molecule has 1 saturated carbocycles. The van der Waals surface area contributed by atoms with E-state index in [0.29, 0.717) is 15.6 Å². The van der Waals surface area contributed by atoms with Crippen molar-refractivity contribution in [2.75, 3.05) is 13.7 Å². The van der Waals surface area contributed by atoms with Gasteiger partial charge < -0.3 is 9.64 Å². The summed E-state index contributed by atoms with van der Waals surface area (Å²) in [5.41, 5.74) is 0.319. The average Bonchev–Trinajstić information content (AvgIpc) is 3.00. The number of methoxy groups -OCH3 is 1. The van der Waals surface area contributed by atoms with E-state index in [1.54, 1.807) is 17.0 Å². The number of esters is 1. The third-order valence-electron chi connectivity index (χ3n) is 3.71. The smallest absolute Gasteiger partial charge is 0.325 e. The summed E-state index contributed by atoms with van der Waals surface area (Å²) in [5, 5.41) is 0.768. The number of carbonyl (C=O) groups is 2. The summed E-state index contributed by atoms with van der Waals surface area (Å²) in [6.07, 6.45) is 3.89. The molecule has 0 unspecified atom stereocenters. The zero-order valence-electron chi connectivity index (χ0n) is 11.8. The first-order chi connectivity index (χ1) is 10.0. The molecular weight excluding hydrogens is 313 g/mol. The molecule has 0 atom stereocenters. The summed E-state index contributed by atoms with van der Waals surface area (Å²) >= 11 is 12.0. The van der Waals surface area contributed by atoms with Crippen molar-refractivity contribution < 1.29 is 14.3 Å². The molecule has 1 aromatic rings. The fourth-order valence-electron chi connectivity index (χ4n) is 2.60. The molecule has 4 nitrogen and oxygen atoms in total. The largest absolute Gasteiger partial charge is 0.468 e. The van der Waals surface area contributed by atoms with Crippen LogP contribution in [0.3, 0.4) is 0 Å². The molecule has 114 valence electrons. The number of carbonyl (C=O) groups excluding carboxylic acids is 2. The molecule has 0 radical (unpaired) electrons. The summed E-state index contributed by atoms with van der Waals surface area (Å²) in [6, 6.07) is 4.79. The van der Waals surface area contributed by atoms with Crippen LogP contribution in [0.1, 0.15) is 36.0 Å². The third-order valence-corrected chi connectivity index (χ3v) is 4.28. The van der Waals surface area contributed by atoms with Crippen molar-refractivity contribution >= 4 is 35.1 Å². The molecule has 2 rings (SSSR count). The molecule has 1 aliphatic rings. The minimum absolute atomic E-state index is 0.0478. The van der Waals surface area contributed by atoms with Gasteiger partial charge in [-0.1, -0.05) is 36.0 Å². The highest BCUT2D eigenvalue weighted by molar-refractivity contribution is 6.35. The zero-order chi connectivity index (χ0) is 15.4. The lowest BCUT2D eigenvalue weighted by Gasteiger charge is -2.28. The predicted octanol–water partition coefficient (Wildman–Crippen LogP) is 3.55.